The molecule has 1 aliphatic heterocycles. The highest BCUT2D eigenvalue weighted by atomic mass is 35.5. The van der Waals surface area contributed by atoms with Gasteiger partial charge in [-0.05, 0) is 26.2 Å². The molecule has 1 aromatic heterocycles. The van der Waals surface area contributed by atoms with Crippen LogP contribution in [0, 0.1) is 6.92 Å². The molecule has 3 rings (SSSR count). The highest BCUT2D eigenvalue weighted by molar-refractivity contribution is 6.30. The molecule has 1 atom stereocenters. The summed E-state index contributed by atoms with van der Waals surface area (Å²) >= 11 is 6.17. The van der Waals surface area contributed by atoms with Gasteiger partial charge in [-0.3, -0.25) is 4.79 Å². The number of halogens is 1. The topological polar surface area (TPSA) is 58.1 Å². The van der Waals surface area contributed by atoms with E-state index in [1.807, 2.05) is 18.7 Å². The lowest BCUT2D eigenvalue weighted by Gasteiger charge is -2.18. The number of hydrogen-bond donors (Lipinski definition) is 1. The van der Waals surface area contributed by atoms with E-state index in [-0.39, 0.29) is 11.9 Å². The molecule has 0 spiro atoms. The first kappa shape index (κ1) is 13.6. The van der Waals surface area contributed by atoms with E-state index in [0.29, 0.717) is 23.4 Å². The Kier molecular flexibility index (Phi) is 3.54. The molecule has 1 unspecified atom stereocenters. The van der Waals surface area contributed by atoms with Gasteiger partial charge in [0.25, 0.3) is 0 Å². The molecule has 2 fully saturated rings. The summed E-state index contributed by atoms with van der Waals surface area (Å²) < 4.78 is 0. The van der Waals surface area contributed by atoms with Crippen molar-refractivity contribution in [3.8, 4) is 0 Å². The maximum absolute atomic E-state index is 12.0. The summed E-state index contributed by atoms with van der Waals surface area (Å²) in [6.07, 6.45) is 3.61. The number of anilines is 1. The Labute approximate surface area is 123 Å². The Morgan fingerprint density at radius 3 is 2.80 bits per heavy atom. The van der Waals surface area contributed by atoms with Crippen LogP contribution in [0.3, 0.4) is 0 Å². The summed E-state index contributed by atoms with van der Waals surface area (Å²) in [6.45, 7) is 4.63. The monoisotopic (exact) mass is 294 g/mol. The van der Waals surface area contributed by atoms with E-state index in [0.717, 1.165) is 37.2 Å². The minimum Gasteiger partial charge on any atom is -0.365 e. The molecule has 1 amide bonds. The van der Waals surface area contributed by atoms with Crippen molar-refractivity contribution < 1.29 is 4.79 Å². The summed E-state index contributed by atoms with van der Waals surface area (Å²) in [6, 6.07) is 0.606. The predicted octanol–water partition coefficient (Wildman–Crippen LogP) is 2.18. The first-order chi connectivity index (χ1) is 9.58. The molecule has 1 N–H and O–H groups in total. The second kappa shape index (κ2) is 5.20. The Balaban J connectivity index is 1.76. The van der Waals surface area contributed by atoms with Gasteiger partial charge in [0.1, 0.15) is 16.8 Å². The van der Waals surface area contributed by atoms with E-state index in [1.165, 1.54) is 0 Å². The van der Waals surface area contributed by atoms with Gasteiger partial charge in [-0.2, -0.15) is 0 Å². The Morgan fingerprint density at radius 2 is 2.15 bits per heavy atom. The van der Waals surface area contributed by atoms with Crippen molar-refractivity contribution in [1.29, 1.82) is 0 Å². The zero-order valence-electron chi connectivity index (χ0n) is 11.8. The van der Waals surface area contributed by atoms with Gasteiger partial charge in [-0.25, -0.2) is 9.97 Å². The van der Waals surface area contributed by atoms with Crippen LogP contribution < -0.4 is 5.32 Å². The van der Waals surface area contributed by atoms with Crippen LogP contribution in [0.25, 0.3) is 0 Å². The molecule has 5 nitrogen and oxygen atoms in total. The number of nitrogens with one attached hydrogen (secondary N) is 1. The first-order valence-electron chi connectivity index (χ1n) is 7.17. The van der Waals surface area contributed by atoms with E-state index in [4.69, 9.17) is 11.6 Å². The number of likely N-dealkylation sites (tertiary alicyclic amines) is 1. The largest absolute Gasteiger partial charge is 0.365 e. The molecule has 108 valence electrons. The zero-order chi connectivity index (χ0) is 14.3. The van der Waals surface area contributed by atoms with Gasteiger partial charge < -0.3 is 10.2 Å². The molecule has 2 aliphatic rings. The van der Waals surface area contributed by atoms with E-state index < -0.39 is 0 Å². The maximum atomic E-state index is 12.0. The van der Waals surface area contributed by atoms with Gasteiger partial charge in [0, 0.05) is 24.6 Å². The Morgan fingerprint density at radius 1 is 1.40 bits per heavy atom. The minimum atomic E-state index is 0.124. The number of aromatic nitrogens is 2. The molecule has 1 saturated carbocycles. The van der Waals surface area contributed by atoms with Crippen molar-refractivity contribution in [2.24, 2.45) is 0 Å². The van der Waals surface area contributed by atoms with Crippen LogP contribution in [0.15, 0.2) is 0 Å². The molecule has 1 aliphatic carbocycles. The van der Waals surface area contributed by atoms with E-state index >= 15 is 0 Å². The van der Waals surface area contributed by atoms with E-state index in [1.54, 1.807) is 0 Å². The first-order valence-corrected chi connectivity index (χ1v) is 7.55. The lowest BCUT2D eigenvalue weighted by atomic mass is 10.2. The number of aryl methyl sites for hydroxylation is 1. The van der Waals surface area contributed by atoms with Crippen molar-refractivity contribution in [2.75, 3.05) is 11.9 Å². The van der Waals surface area contributed by atoms with Crippen molar-refractivity contribution in [1.82, 2.24) is 14.9 Å². The SMILES string of the molecule is CCc1c(Cl)nc(C)nc1NC1CC(=O)N(C2CC2)C1. The third-order valence-corrected chi connectivity index (χ3v) is 4.22. The fraction of sp³-hybridized carbons (Fsp3) is 0.643. The number of amides is 1. The lowest BCUT2D eigenvalue weighted by Crippen LogP contribution is -2.30. The van der Waals surface area contributed by atoms with Gasteiger partial charge in [0.05, 0.1) is 6.04 Å². The Bertz CT molecular complexity index is 544. The van der Waals surface area contributed by atoms with E-state index in [2.05, 4.69) is 15.3 Å². The summed E-state index contributed by atoms with van der Waals surface area (Å²) in [5, 5.41) is 3.89. The fourth-order valence-electron chi connectivity index (χ4n) is 2.76. The second-order valence-electron chi connectivity index (χ2n) is 5.57. The summed E-state index contributed by atoms with van der Waals surface area (Å²) in [5.41, 5.74) is 0.926. The second-order valence-corrected chi connectivity index (χ2v) is 5.92. The van der Waals surface area contributed by atoms with Crippen LogP contribution in [-0.4, -0.2) is 39.4 Å². The third-order valence-electron chi connectivity index (χ3n) is 3.91. The molecule has 0 aromatic carbocycles. The molecule has 20 heavy (non-hydrogen) atoms. The van der Waals surface area contributed by atoms with Crippen molar-refractivity contribution in [3.05, 3.63) is 16.5 Å². The standard InChI is InChI=1S/C14H19ClN4O/c1-3-11-13(15)16-8(2)17-14(11)18-9-6-12(20)19(7-9)10-4-5-10/h9-10H,3-7H2,1-2H3,(H,16,17,18). The number of hydrogen-bond acceptors (Lipinski definition) is 4. The van der Waals surface area contributed by atoms with Crippen molar-refractivity contribution in [3.63, 3.8) is 0 Å². The highest BCUT2D eigenvalue weighted by Crippen LogP contribution is 2.32. The number of carbonyl (C=O) groups is 1. The molecule has 2 heterocycles. The summed E-state index contributed by atoms with van der Waals surface area (Å²) in [4.78, 5) is 22.6. The maximum Gasteiger partial charge on any atom is 0.225 e. The lowest BCUT2D eigenvalue weighted by molar-refractivity contribution is -0.128. The molecule has 0 bridgehead atoms. The fourth-order valence-corrected chi connectivity index (χ4v) is 3.10. The number of nitrogens with zero attached hydrogens (tertiary/aromatic N) is 3. The minimum absolute atomic E-state index is 0.124. The summed E-state index contributed by atoms with van der Waals surface area (Å²) in [5.74, 6) is 1.68. The van der Waals surface area contributed by atoms with Crippen LogP contribution in [0.2, 0.25) is 5.15 Å². The van der Waals surface area contributed by atoms with Gasteiger partial charge in [0.2, 0.25) is 5.91 Å². The van der Waals surface area contributed by atoms with Crippen LogP contribution in [-0.2, 0) is 11.2 Å². The number of rotatable bonds is 4. The average Bonchev–Trinajstić information content (AvgIpc) is 3.14. The molecule has 1 aromatic rings. The molecule has 1 saturated heterocycles. The van der Waals surface area contributed by atoms with Crippen LogP contribution in [0.5, 0.6) is 0 Å². The van der Waals surface area contributed by atoms with Crippen LogP contribution in [0.4, 0.5) is 5.82 Å². The van der Waals surface area contributed by atoms with Crippen molar-refractivity contribution in [2.45, 2.75) is 51.6 Å². The molecular weight excluding hydrogens is 276 g/mol. The van der Waals surface area contributed by atoms with Gasteiger partial charge in [-0.1, -0.05) is 18.5 Å². The molecule has 0 radical (unpaired) electrons. The van der Waals surface area contributed by atoms with Gasteiger partial charge in [-0.15, -0.1) is 0 Å². The van der Waals surface area contributed by atoms with Crippen molar-refractivity contribution >= 4 is 23.3 Å². The average molecular weight is 295 g/mol. The molecule has 6 heteroatoms. The van der Waals surface area contributed by atoms with E-state index in [9.17, 15) is 4.79 Å². The quantitative estimate of drug-likeness (QED) is 0.865. The molecular formula is C14H19ClN4O. The predicted molar refractivity (Wildman–Crippen MR) is 77.9 cm³/mol. The smallest absolute Gasteiger partial charge is 0.225 e. The zero-order valence-corrected chi connectivity index (χ0v) is 12.6. The third kappa shape index (κ3) is 2.59. The van der Waals surface area contributed by atoms with Crippen LogP contribution >= 0.6 is 11.6 Å². The van der Waals surface area contributed by atoms with Gasteiger partial charge >= 0.3 is 0 Å². The summed E-state index contributed by atoms with van der Waals surface area (Å²) in [7, 11) is 0. The number of carbonyl (C=O) groups excluding carboxylic acids is 1. The van der Waals surface area contributed by atoms with Crippen LogP contribution in [0.1, 0.15) is 37.6 Å². The Hall–Kier alpha value is -1.36. The normalized spacial score (nSPS) is 22.4. The van der Waals surface area contributed by atoms with Gasteiger partial charge in [0.15, 0.2) is 0 Å². The highest BCUT2D eigenvalue weighted by Gasteiger charge is 2.39.